The number of para-hydroxylation sites is 1. The summed E-state index contributed by atoms with van der Waals surface area (Å²) in [4.78, 5) is 9.73. The van der Waals surface area contributed by atoms with Crippen molar-refractivity contribution in [3.63, 3.8) is 0 Å². The summed E-state index contributed by atoms with van der Waals surface area (Å²) in [6.45, 7) is 4.21. The van der Waals surface area contributed by atoms with E-state index in [1.54, 1.807) is 11.3 Å². The van der Waals surface area contributed by atoms with E-state index in [2.05, 4.69) is 35.9 Å². The summed E-state index contributed by atoms with van der Waals surface area (Å²) >= 11 is 7.85. The Morgan fingerprint density at radius 1 is 1.33 bits per heavy atom. The van der Waals surface area contributed by atoms with E-state index in [4.69, 9.17) is 11.6 Å². The number of fused-ring (bicyclic) bond motifs is 1. The Kier molecular flexibility index (Phi) is 2.84. The van der Waals surface area contributed by atoms with E-state index < -0.39 is 0 Å². The summed E-state index contributed by atoms with van der Waals surface area (Å²) in [5.41, 5.74) is 4.94. The summed E-state index contributed by atoms with van der Waals surface area (Å²) in [5, 5.41) is 0.539. The molecule has 0 aliphatic carbocycles. The molecular formula is C13H12ClN3S. The fourth-order valence-electron chi connectivity index (χ4n) is 2.13. The Hall–Kier alpha value is -1.39. The van der Waals surface area contributed by atoms with E-state index in [9.17, 15) is 0 Å². The minimum absolute atomic E-state index is 0.291. The van der Waals surface area contributed by atoms with Crippen LogP contribution in [0.5, 0.6) is 0 Å². The Morgan fingerprint density at radius 2 is 2.17 bits per heavy atom. The lowest BCUT2D eigenvalue weighted by Gasteiger charge is -2.09. The summed E-state index contributed by atoms with van der Waals surface area (Å²) in [5.74, 6) is 0. The van der Waals surface area contributed by atoms with Gasteiger partial charge in [-0.05, 0) is 31.5 Å². The Bertz CT molecular complexity index is 686. The molecule has 1 aromatic carbocycles. The lowest BCUT2D eigenvalue weighted by atomic mass is 10.1. The Balaban J connectivity index is 2.33. The summed E-state index contributed by atoms with van der Waals surface area (Å²) in [7, 11) is 0. The third-order valence-corrected chi connectivity index (χ3v) is 3.96. The normalized spacial score (nSPS) is 11.6. The first-order chi connectivity index (χ1) is 8.68. The highest BCUT2D eigenvalue weighted by atomic mass is 35.5. The van der Waals surface area contributed by atoms with Gasteiger partial charge in [0, 0.05) is 17.8 Å². The topological polar surface area (TPSA) is 30.7 Å². The van der Waals surface area contributed by atoms with Crippen LogP contribution in [0.15, 0.2) is 29.9 Å². The highest BCUT2D eigenvalue weighted by Gasteiger charge is 2.15. The van der Waals surface area contributed by atoms with Gasteiger partial charge in [0.05, 0.1) is 21.4 Å². The van der Waals surface area contributed by atoms with Crippen molar-refractivity contribution in [2.24, 2.45) is 0 Å². The van der Waals surface area contributed by atoms with Gasteiger partial charge in [0.25, 0.3) is 0 Å². The molecule has 0 amide bonds. The van der Waals surface area contributed by atoms with Crippen LogP contribution < -0.4 is 0 Å². The second-order valence-corrected chi connectivity index (χ2v) is 5.61. The van der Waals surface area contributed by atoms with Gasteiger partial charge >= 0.3 is 0 Å². The molecule has 3 nitrogen and oxygen atoms in total. The molecule has 0 aliphatic heterocycles. The van der Waals surface area contributed by atoms with E-state index in [0.29, 0.717) is 11.3 Å². The van der Waals surface area contributed by atoms with Gasteiger partial charge in [-0.15, -0.1) is 11.3 Å². The van der Waals surface area contributed by atoms with E-state index >= 15 is 0 Å². The molecule has 3 aromatic rings. The molecule has 0 bridgehead atoms. The Labute approximate surface area is 114 Å². The van der Waals surface area contributed by atoms with E-state index in [0.717, 1.165) is 21.5 Å². The van der Waals surface area contributed by atoms with Gasteiger partial charge in [0.2, 0.25) is 5.28 Å². The lowest BCUT2D eigenvalue weighted by molar-refractivity contribution is 0.618. The zero-order valence-electron chi connectivity index (χ0n) is 10.1. The van der Waals surface area contributed by atoms with Gasteiger partial charge in [-0.3, -0.25) is 4.98 Å². The molecule has 2 heterocycles. The minimum Gasteiger partial charge on any atom is -0.312 e. The highest BCUT2D eigenvalue weighted by Crippen LogP contribution is 2.33. The maximum absolute atomic E-state index is 6.24. The first kappa shape index (κ1) is 11.7. The van der Waals surface area contributed by atoms with Crippen molar-refractivity contribution in [3.05, 3.63) is 35.2 Å². The van der Waals surface area contributed by atoms with Crippen molar-refractivity contribution in [2.75, 3.05) is 0 Å². The average Bonchev–Trinajstić information content (AvgIpc) is 2.93. The number of hydrogen-bond acceptors (Lipinski definition) is 3. The van der Waals surface area contributed by atoms with Gasteiger partial charge < -0.3 is 4.57 Å². The predicted octanol–water partition coefficient (Wildman–Crippen LogP) is 4.39. The predicted molar refractivity (Wildman–Crippen MR) is 76.2 cm³/mol. The van der Waals surface area contributed by atoms with Crippen LogP contribution in [0.4, 0.5) is 0 Å². The molecular weight excluding hydrogens is 266 g/mol. The van der Waals surface area contributed by atoms with E-state index in [-0.39, 0.29) is 0 Å². The third kappa shape index (κ3) is 1.72. The van der Waals surface area contributed by atoms with Crippen molar-refractivity contribution in [3.8, 4) is 10.4 Å². The highest BCUT2D eigenvalue weighted by molar-refractivity contribution is 7.13. The number of aromatic nitrogens is 3. The molecule has 0 unspecified atom stereocenters. The SMILES string of the molecule is CC(C)n1c(Cl)nc2c(-c3cncs3)cccc21. The number of imidazole rings is 1. The first-order valence-electron chi connectivity index (χ1n) is 5.74. The number of halogens is 1. The van der Waals surface area contributed by atoms with Crippen LogP contribution in [0.1, 0.15) is 19.9 Å². The van der Waals surface area contributed by atoms with Gasteiger partial charge in [-0.1, -0.05) is 12.1 Å². The molecule has 0 atom stereocenters. The smallest absolute Gasteiger partial charge is 0.204 e. The van der Waals surface area contributed by atoms with Crippen LogP contribution >= 0.6 is 22.9 Å². The van der Waals surface area contributed by atoms with Crippen molar-refractivity contribution < 1.29 is 0 Å². The van der Waals surface area contributed by atoms with Gasteiger partial charge in [0.15, 0.2) is 0 Å². The maximum atomic E-state index is 6.24. The van der Waals surface area contributed by atoms with Gasteiger partial charge in [-0.25, -0.2) is 4.98 Å². The molecule has 2 aromatic heterocycles. The summed E-state index contributed by atoms with van der Waals surface area (Å²) in [6.07, 6.45) is 1.86. The second-order valence-electron chi connectivity index (χ2n) is 4.38. The zero-order chi connectivity index (χ0) is 12.7. The van der Waals surface area contributed by atoms with Crippen molar-refractivity contribution in [2.45, 2.75) is 19.9 Å². The van der Waals surface area contributed by atoms with Gasteiger partial charge in [0.1, 0.15) is 0 Å². The van der Waals surface area contributed by atoms with Crippen LogP contribution in [0.25, 0.3) is 21.5 Å². The zero-order valence-corrected chi connectivity index (χ0v) is 11.7. The van der Waals surface area contributed by atoms with E-state index in [1.165, 1.54) is 0 Å². The second kappa shape index (κ2) is 4.37. The number of hydrogen-bond donors (Lipinski definition) is 0. The minimum atomic E-state index is 0.291. The molecule has 5 heteroatoms. The lowest BCUT2D eigenvalue weighted by Crippen LogP contribution is -1.99. The molecule has 0 saturated heterocycles. The van der Waals surface area contributed by atoms with Crippen molar-refractivity contribution >= 4 is 34.0 Å². The number of benzene rings is 1. The fourth-order valence-corrected chi connectivity index (χ4v) is 3.15. The van der Waals surface area contributed by atoms with Gasteiger partial charge in [-0.2, -0.15) is 0 Å². The maximum Gasteiger partial charge on any atom is 0.204 e. The summed E-state index contributed by atoms with van der Waals surface area (Å²) in [6, 6.07) is 6.44. The molecule has 18 heavy (non-hydrogen) atoms. The third-order valence-electron chi connectivity index (χ3n) is 2.89. The van der Waals surface area contributed by atoms with Crippen LogP contribution in [0.2, 0.25) is 5.28 Å². The molecule has 92 valence electrons. The molecule has 0 aliphatic rings. The van der Waals surface area contributed by atoms with Crippen LogP contribution in [0.3, 0.4) is 0 Å². The molecule has 0 spiro atoms. The number of rotatable bonds is 2. The largest absolute Gasteiger partial charge is 0.312 e. The van der Waals surface area contributed by atoms with Crippen molar-refractivity contribution in [1.82, 2.24) is 14.5 Å². The molecule has 0 fully saturated rings. The standard InChI is InChI=1S/C13H12ClN3S/c1-8(2)17-10-5-3-4-9(11-6-15-7-18-11)12(10)16-13(17)14/h3-8H,1-2H3. The Morgan fingerprint density at radius 3 is 2.83 bits per heavy atom. The molecule has 0 N–H and O–H groups in total. The van der Waals surface area contributed by atoms with Crippen LogP contribution in [-0.4, -0.2) is 14.5 Å². The number of nitrogens with zero attached hydrogens (tertiary/aromatic N) is 3. The molecule has 0 saturated carbocycles. The number of thiazole rings is 1. The fraction of sp³-hybridized carbons (Fsp3) is 0.231. The average molecular weight is 278 g/mol. The van der Waals surface area contributed by atoms with Crippen LogP contribution in [0, 0.1) is 0 Å². The monoisotopic (exact) mass is 277 g/mol. The summed E-state index contributed by atoms with van der Waals surface area (Å²) < 4.78 is 2.04. The quantitative estimate of drug-likeness (QED) is 0.695. The van der Waals surface area contributed by atoms with Crippen LogP contribution in [-0.2, 0) is 0 Å². The van der Waals surface area contributed by atoms with Crippen molar-refractivity contribution in [1.29, 1.82) is 0 Å². The molecule has 3 rings (SSSR count). The van der Waals surface area contributed by atoms with E-state index in [1.807, 2.05) is 22.3 Å². The molecule has 0 radical (unpaired) electrons. The first-order valence-corrected chi connectivity index (χ1v) is 6.99.